The summed E-state index contributed by atoms with van der Waals surface area (Å²) in [5, 5.41) is 1.06. The van der Waals surface area contributed by atoms with Crippen LogP contribution in [0.2, 0.25) is 0 Å². The van der Waals surface area contributed by atoms with Gasteiger partial charge in [-0.3, -0.25) is 4.79 Å². The van der Waals surface area contributed by atoms with Gasteiger partial charge in [-0.15, -0.1) is 0 Å². The van der Waals surface area contributed by atoms with E-state index >= 15 is 0 Å². The highest BCUT2D eigenvalue weighted by atomic mass is 16.1. The van der Waals surface area contributed by atoms with Crippen molar-refractivity contribution >= 4 is 10.9 Å². The Hall–Kier alpha value is -2.40. The van der Waals surface area contributed by atoms with Gasteiger partial charge in [-0.1, -0.05) is 18.2 Å². The van der Waals surface area contributed by atoms with Gasteiger partial charge in [0.2, 0.25) is 0 Å². The van der Waals surface area contributed by atoms with E-state index in [0.717, 1.165) is 23.9 Å². The number of hydrogen-bond acceptors (Lipinski definition) is 3. The first-order valence-electron chi connectivity index (χ1n) is 7.07. The molecule has 21 heavy (non-hydrogen) atoms. The van der Waals surface area contributed by atoms with Crippen LogP contribution in [0.1, 0.15) is 12.0 Å². The summed E-state index contributed by atoms with van der Waals surface area (Å²) in [4.78, 5) is 16.5. The van der Waals surface area contributed by atoms with Gasteiger partial charge in [0.25, 0.3) is 5.56 Å². The molecule has 0 radical (unpaired) electrons. The molecule has 0 saturated heterocycles. The van der Waals surface area contributed by atoms with Crippen LogP contribution in [-0.4, -0.2) is 14.1 Å². The zero-order valence-electron chi connectivity index (χ0n) is 11.8. The molecule has 0 saturated carbocycles. The molecular formula is C16H18N4O. The number of nitrogens with two attached hydrogens (primary N) is 1. The lowest BCUT2D eigenvalue weighted by Crippen LogP contribution is -2.26. The van der Waals surface area contributed by atoms with Crippen LogP contribution < -0.4 is 11.3 Å². The smallest absolute Gasteiger partial charge is 0.255 e. The molecule has 2 aromatic heterocycles. The molecule has 0 bridgehead atoms. The molecule has 3 rings (SSSR count). The van der Waals surface area contributed by atoms with Crippen molar-refractivity contribution in [1.29, 1.82) is 0 Å². The summed E-state index contributed by atoms with van der Waals surface area (Å²) in [7, 11) is 0. The Morgan fingerprint density at radius 3 is 2.81 bits per heavy atom. The van der Waals surface area contributed by atoms with E-state index in [4.69, 9.17) is 5.73 Å². The highest BCUT2D eigenvalue weighted by Crippen LogP contribution is 2.13. The van der Waals surface area contributed by atoms with E-state index in [2.05, 4.69) is 4.98 Å². The number of nitrogens with zero attached hydrogens (tertiary/aromatic N) is 3. The Balaban J connectivity index is 1.92. The van der Waals surface area contributed by atoms with E-state index < -0.39 is 0 Å². The average Bonchev–Trinajstić information content (AvgIpc) is 3.02. The first-order chi connectivity index (χ1) is 10.3. The van der Waals surface area contributed by atoms with Gasteiger partial charge in [0, 0.05) is 37.6 Å². The lowest BCUT2D eigenvalue weighted by atomic mass is 10.1. The Labute approximate surface area is 122 Å². The predicted molar refractivity (Wildman–Crippen MR) is 82.9 cm³/mol. The quantitative estimate of drug-likeness (QED) is 0.775. The van der Waals surface area contributed by atoms with Crippen LogP contribution in [0.3, 0.4) is 0 Å². The highest BCUT2D eigenvalue weighted by molar-refractivity contribution is 5.79. The Morgan fingerprint density at radius 2 is 2.05 bits per heavy atom. The Morgan fingerprint density at radius 1 is 1.19 bits per heavy atom. The summed E-state index contributed by atoms with van der Waals surface area (Å²) in [5.41, 5.74) is 7.33. The largest absolute Gasteiger partial charge is 0.337 e. The van der Waals surface area contributed by atoms with Crippen LogP contribution >= 0.6 is 0 Å². The van der Waals surface area contributed by atoms with Crippen molar-refractivity contribution in [2.45, 2.75) is 26.1 Å². The minimum absolute atomic E-state index is 0.0156. The molecule has 3 aromatic rings. The van der Waals surface area contributed by atoms with Gasteiger partial charge in [0.15, 0.2) is 0 Å². The van der Waals surface area contributed by atoms with Crippen molar-refractivity contribution in [3.8, 4) is 0 Å². The topological polar surface area (TPSA) is 65.8 Å². The molecule has 0 spiro atoms. The SMILES string of the molecule is NCc1cc2ccccc2n(CCCn2ccnc2)c1=O. The van der Waals surface area contributed by atoms with Crippen LogP contribution in [0, 0.1) is 0 Å². The highest BCUT2D eigenvalue weighted by Gasteiger charge is 2.07. The second-order valence-corrected chi connectivity index (χ2v) is 5.04. The van der Waals surface area contributed by atoms with E-state index in [-0.39, 0.29) is 12.1 Å². The van der Waals surface area contributed by atoms with E-state index in [1.807, 2.05) is 45.7 Å². The number of rotatable bonds is 5. The van der Waals surface area contributed by atoms with Crippen molar-refractivity contribution in [2.24, 2.45) is 5.73 Å². The van der Waals surface area contributed by atoms with E-state index in [0.29, 0.717) is 12.1 Å². The number of aromatic nitrogens is 3. The number of fused-ring (bicyclic) bond motifs is 1. The maximum absolute atomic E-state index is 12.5. The standard InChI is InChI=1S/C16H18N4O/c17-11-14-10-13-4-1-2-5-15(13)20(16(14)21)8-3-7-19-9-6-18-12-19/h1-2,4-6,9-10,12H,3,7-8,11,17H2. The van der Waals surface area contributed by atoms with Crippen LogP contribution in [0.15, 0.2) is 53.8 Å². The molecular weight excluding hydrogens is 264 g/mol. The van der Waals surface area contributed by atoms with Crippen molar-refractivity contribution in [1.82, 2.24) is 14.1 Å². The van der Waals surface area contributed by atoms with Crippen molar-refractivity contribution in [3.05, 3.63) is 65.0 Å². The normalized spacial score (nSPS) is 11.1. The van der Waals surface area contributed by atoms with Gasteiger partial charge < -0.3 is 14.9 Å². The maximum Gasteiger partial charge on any atom is 0.255 e. The molecule has 5 heteroatoms. The fraction of sp³-hybridized carbons (Fsp3) is 0.250. The third-order valence-corrected chi connectivity index (χ3v) is 3.65. The summed E-state index contributed by atoms with van der Waals surface area (Å²) < 4.78 is 3.84. The first kappa shape index (κ1) is 13.6. The molecule has 0 aliphatic heterocycles. The Kier molecular flexibility index (Phi) is 3.83. The van der Waals surface area contributed by atoms with E-state index in [9.17, 15) is 4.79 Å². The van der Waals surface area contributed by atoms with Crippen LogP contribution in [0.25, 0.3) is 10.9 Å². The number of imidazole rings is 1. The minimum Gasteiger partial charge on any atom is -0.337 e. The third kappa shape index (κ3) is 2.73. The lowest BCUT2D eigenvalue weighted by molar-refractivity contribution is 0.561. The Bertz CT molecular complexity index is 790. The fourth-order valence-electron chi connectivity index (χ4n) is 2.59. The minimum atomic E-state index is 0.0156. The molecule has 108 valence electrons. The average molecular weight is 282 g/mol. The molecule has 0 unspecified atom stereocenters. The van der Waals surface area contributed by atoms with Gasteiger partial charge in [0.1, 0.15) is 0 Å². The summed E-state index contributed by atoms with van der Waals surface area (Å²) in [5.74, 6) is 0. The van der Waals surface area contributed by atoms with Gasteiger partial charge in [-0.2, -0.15) is 0 Å². The molecule has 2 N–H and O–H groups in total. The molecule has 0 aliphatic carbocycles. The number of para-hydroxylation sites is 1. The molecule has 1 aromatic carbocycles. The second kappa shape index (κ2) is 5.93. The number of benzene rings is 1. The summed E-state index contributed by atoms with van der Waals surface area (Å²) in [6.07, 6.45) is 6.35. The van der Waals surface area contributed by atoms with Gasteiger partial charge >= 0.3 is 0 Å². The molecule has 0 aliphatic rings. The summed E-state index contributed by atoms with van der Waals surface area (Å²) >= 11 is 0. The van der Waals surface area contributed by atoms with E-state index in [1.165, 1.54) is 0 Å². The fourth-order valence-corrected chi connectivity index (χ4v) is 2.59. The zero-order valence-corrected chi connectivity index (χ0v) is 11.8. The summed E-state index contributed by atoms with van der Waals surface area (Å²) in [6, 6.07) is 9.82. The van der Waals surface area contributed by atoms with Crippen molar-refractivity contribution in [3.63, 3.8) is 0 Å². The number of hydrogen-bond donors (Lipinski definition) is 1. The molecule has 0 atom stereocenters. The van der Waals surface area contributed by atoms with Crippen molar-refractivity contribution < 1.29 is 0 Å². The van der Waals surface area contributed by atoms with Gasteiger partial charge in [-0.05, 0) is 23.9 Å². The molecule has 5 nitrogen and oxygen atoms in total. The zero-order chi connectivity index (χ0) is 14.7. The van der Waals surface area contributed by atoms with Gasteiger partial charge in [-0.25, -0.2) is 4.98 Å². The number of aryl methyl sites for hydroxylation is 2. The van der Waals surface area contributed by atoms with Crippen LogP contribution in [-0.2, 0) is 19.6 Å². The summed E-state index contributed by atoms with van der Waals surface area (Å²) in [6.45, 7) is 1.78. The van der Waals surface area contributed by atoms with Crippen molar-refractivity contribution in [2.75, 3.05) is 0 Å². The monoisotopic (exact) mass is 282 g/mol. The number of pyridine rings is 1. The molecule has 0 fully saturated rings. The first-order valence-corrected chi connectivity index (χ1v) is 7.07. The van der Waals surface area contributed by atoms with Crippen LogP contribution in [0.4, 0.5) is 0 Å². The maximum atomic E-state index is 12.5. The second-order valence-electron chi connectivity index (χ2n) is 5.04. The predicted octanol–water partition coefficient (Wildman–Crippen LogP) is 1.75. The van der Waals surface area contributed by atoms with E-state index in [1.54, 1.807) is 12.5 Å². The molecule has 0 amide bonds. The third-order valence-electron chi connectivity index (χ3n) is 3.65. The van der Waals surface area contributed by atoms with Crippen LogP contribution in [0.5, 0.6) is 0 Å². The molecule has 2 heterocycles. The lowest BCUT2D eigenvalue weighted by Gasteiger charge is -2.12. The van der Waals surface area contributed by atoms with Gasteiger partial charge in [0.05, 0.1) is 11.8 Å².